The van der Waals surface area contributed by atoms with E-state index in [0.29, 0.717) is 35.4 Å². The first-order valence-corrected chi connectivity index (χ1v) is 9.13. The normalized spacial score (nSPS) is 22.4. The van der Waals surface area contributed by atoms with Gasteiger partial charge in [-0.3, -0.25) is 4.79 Å². The Kier molecular flexibility index (Phi) is 8.30. The van der Waals surface area contributed by atoms with Crippen LogP contribution in [0.5, 0.6) is 5.75 Å². The molecule has 0 saturated carbocycles. The van der Waals surface area contributed by atoms with Crippen LogP contribution < -0.4 is 15.4 Å². The number of nitrogens with one attached hydrogen (secondary N) is 2. The third-order valence-electron chi connectivity index (χ3n) is 4.61. The Labute approximate surface area is 160 Å². The number of amides is 1. The van der Waals surface area contributed by atoms with E-state index < -0.39 is 0 Å². The van der Waals surface area contributed by atoms with E-state index in [-0.39, 0.29) is 24.4 Å². The zero-order valence-corrected chi connectivity index (χ0v) is 15.8. The minimum absolute atomic E-state index is 0. The molecule has 0 spiro atoms. The number of carbonyl (C=O) groups excluding carboxylic acids is 1. The zero-order chi connectivity index (χ0) is 16.8. The van der Waals surface area contributed by atoms with Crippen molar-refractivity contribution in [2.24, 2.45) is 5.92 Å². The molecule has 5 nitrogen and oxygen atoms in total. The Morgan fingerprint density at radius 2 is 2.28 bits per heavy atom. The first-order valence-electron chi connectivity index (χ1n) is 8.75. The molecule has 2 aliphatic heterocycles. The van der Waals surface area contributed by atoms with Gasteiger partial charge in [0.15, 0.2) is 0 Å². The van der Waals surface area contributed by atoms with Crippen molar-refractivity contribution in [2.75, 3.05) is 31.6 Å². The van der Waals surface area contributed by atoms with Crippen LogP contribution in [0.25, 0.3) is 0 Å². The maximum absolute atomic E-state index is 12.2. The molecule has 1 aromatic carbocycles. The van der Waals surface area contributed by atoms with Crippen molar-refractivity contribution < 1.29 is 14.3 Å². The molecule has 7 heteroatoms. The summed E-state index contributed by atoms with van der Waals surface area (Å²) in [6.07, 6.45) is 4.81. The quantitative estimate of drug-likeness (QED) is 0.748. The van der Waals surface area contributed by atoms with Crippen LogP contribution in [-0.2, 0) is 9.53 Å². The van der Waals surface area contributed by atoms with Gasteiger partial charge >= 0.3 is 0 Å². The lowest BCUT2D eigenvalue weighted by atomic mass is 10.0. The molecule has 2 aliphatic rings. The van der Waals surface area contributed by atoms with Gasteiger partial charge in [0.1, 0.15) is 12.4 Å². The summed E-state index contributed by atoms with van der Waals surface area (Å²) in [6, 6.07) is 5.31. The number of anilines is 1. The van der Waals surface area contributed by atoms with E-state index in [4.69, 9.17) is 21.1 Å². The summed E-state index contributed by atoms with van der Waals surface area (Å²) < 4.78 is 11.4. The molecule has 1 aromatic rings. The first-order chi connectivity index (χ1) is 11.7. The lowest BCUT2D eigenvalue weighted by molar-refractivity contribution is -0.116. The van der Waals surface area contributed by atoms with E-state index in [2.05, 4.69) is 10.6 Å². The van der Waals surface area contributed by atoms with Crippen molar-refractivity contribution in [3.63, 3.8) is 0 Å². The van der Waals surface area contributed by atoms with E-state index in [9.17, 15) is 4.79 Å². The number of carbonyl (C=O) groups is 1. The summed E-state index contributed by atoms with van der Waals surface area (Å²) in [5, 5.41) is 6.84. The SMILES string of the molecule is Cl.O=C(CCC1CCNC1)Nc1cc(Cl)ccc1OCC1CCCO1. The number of benzene rings is 1. The van der Waals surface area contributed by atoms with Gasteiger partial charge in [0.05, 0.1) is 11.8 Å². The fourth-order valence-corrected chi connectivity index (χ4v) is 3.37. The molecule has 1 amide bonds. The Morgan fingerprint density at radius 1 is 1.40 bits per heavy atom. The van der Waals surface area contributed by atoms with Crippen molar-refractivity contribution in [1.29, 1.82) is 0 Å². The molecule has 3 rings (SSSR count). The fraction of sp³-hybridized carbons (Fsp3) is 0.611. The molecule has 0 aliphatic carbocycles. The third-order valence-corrected chi connectivity index (χ3v) is 4.84. The number of halogens is 2. The van der Waals surface area contributed by atoms with E-state index in [1.165, 1.54) is 0 Å². The molecule has 2 N–H and O–H groups in total. The Balaban J connectivity index is 0.00000225. The number of hydrogen-bond acceptors (Lipinski definition) is 4. The minimum Gasteiger partial charge on any atom is -0.489 e. The van der Waals surface area contributed by atoms with Crippen LogP contribution in [0.3, 0.4) is 0 Å². The smallest absolute Gasteiger partial charge is 0.224 e. The Hall–Kier alpha value is -1.01. The second-order valence-electron chi connectivity index (χ2n) is 6.53. The number of hydrogen-bond donors (Lipinski definition) is 2. The van der Waals surface area contributed by atoms with Crippen molar-refractivity contribution in [1.82, 2.24) is 5.32 Å². The predicted octanol–water partition coefficient (Wildman–Crippen LogP) is 3.65. The van der Waals surface area contributed by atoms with E-state index in [0.717, 1.165) is 45.4 Å². The topological polar surface area (TPSA) is 59.6 Å². The lowest BCUT2D eigenvalue weighted by Crippen LogP contribution is -2.18. The summed E-state index contributed by atoms with van der Waals surface area (Å²) in [6.45, 7) is 3.37. The summed E-state index contributed by atoms with van der Waals surface area (Å²) >= 11 is 6.07. The standard InChI is InChI=1S/C18H25ClN2O3.ClH/c19-14-4-5-17(24-12-15-2-1-9-23-15)16(10-14)21-18(22)6-3-13-7-8-20-11-13;/h4-5,10,13,15,20H,1-3,6-9,11-12H2,(H,21,22);1H. The molecule has 2 saturated heterocycles. The molecule has 0 aromatic heterocycles. The highest BCUT2D eigenvalue weighted by Gasteiger charge is 2.18. The maximum Gasteiger partial charge on any atom is 0.224 e. The molecule has 2 unspecified atom stereocenters. The van der Waals surface area contributed by atoms with Crippen molar-refractivity contribution in [3.8, 4) is 5.75 Å². The largest absolute Gasteiger partial charge is 0.489 e. The van der Waals surface area contributed by atoms with Gasteiger partial charge in [0.25, 0.3) is 0 Å². The van der Waals surface area contributed by atoms with Crippen LogP contribution in [-0.4, -0.2) is 38.3 Å². The lowest BCUT2D eigenvalue weighted by Gasteiger charge is -2.16. The number of rotatable bonds is 7. The molecule has 2 fully saturated rings. The van der Waals surface area contributed by atoms with Gasteiger partial charge in [-0.15, -0.1) is 12.4 Å². The second kappa shape index (κ2) is 10.2. The first kappa shape index (κ1) is 20.3. The molecule has 140 valence electrons. The molecular weight excluding hydrogens is 363 g/mol. The molecule has 2 heterocycles. The van der Waals surface area contributed by atoms with Gasteiger partial charge in [-0.05, 0) is 62.9 Å². The molecule has 0 bridgehead atoms. The Morgan fingerprint density at radius 3 is 3.00 bits per heavy atom. The van der Waals surface area contributed by atoms with Crippen LogP contribution >= 0.6 is 24.0 Å². The highest BCUT2D eigenvalue weighted by Crippen LogP contribution is 2.29. The predicted molar refractivity (Wildman–Crippen MR) is 102 cm³/mol. The van der Waals surface area contributed by atoms with E-state index >= 15 is 0 Å². The van der Waals surface area contributed by atoms with Gasteiger partial charge in [-0.1, -0.05) is 11.6 Å². The minimum atomic E-state index is 0. The fourth-order valence-electron chi connectivity index (χ4n) is 3.19. The summed E-state index contributed by atoms with van der Waals surface area (Å²) in [4.78, 5) is 12.2. The van der Waals surface area contributed by atoms with Crippen LogP contribution in [0.2, 0.25) is 5.02 Å². The van der Waals surface area contributed by atoms with Crippen LogP contribution in [0, 0.1) is 5.92 Å². The van der Waals surface area contributed by atoms with Gasteiger partial charge in [-0.25, -0.2) is 0 Å². The van der Waals surface area contributed by atoms with E-state index in [1.807, 2.05) is 0 Å². The molecule has 0 radical (unpaired) electrons. The molecule has 2 atom stereocenters. The van der Waals surface area contributed by atoms with Gasteiger partial charge < -0.3 is 20.1 Å². The maximum atomic E-state index is 12.2. The van der Waals surface area contributed by atoms with E-state index in [1.54, 1.807) is 18.2 Å². The van der Waals surface area contributed by atoms with Crippen LogP contribution in [0.4, 0.5) is 5.69 Å². The average molecular weight is 389 g/mol. The molecule has 25 heavy (non-hydrogen) atoms. The highest BCUT2D eigenvalue weighted by molar-refractivity contribution is 6.31. The Bertz CT molecular complexity index is 559. The molecular formula is C18H26Cl2N2O3. The monoisotopic (exact) mass is 388 g/mol. The van der Waals surface area contributed by atoms with Crippen LogP contribution in [0.15, 0.2) is 18.2 Å². The van der Waals surface area contributed by atoms with Crippen molar-refractivity contribution in [2.45, 2.75) is 38.2 Å². The summed E-state index contributed by atoms with van der Waals surface area (Å²) in [5.41, 5.74) is 0.634. The van der Waals surface area contributed by atoms with Crippen molar-refractivity contribution >= 4 is 35.6 Å². The number of ether oxygens (including phenoxy) is 2. The average Bonchev–Trinajstić information content (AvgIpc) is 3.26. The van der Waals surface area contributed by atoms with Gasteiger partial charge in [-0.2, -0.15) is 0 Å². The second-order valence-corrected chi connectivity index (χ2v) is 6.97. The third kappa shape index (κ3) is 6.33. The van der Waals surface area contributed by atoms with Crippen LogP contribution in [0.1, 0.15) is 32.1 Å². The van der Waals surface area contributed by atoms with Crippen molar-refractivity contribution in [3.05, 3.63) is 23.2 Å². The van der Waals surface area contributed by atoms with Gasteiger partial charge in [0, 0.05) is 18.1 Å². The zero-order valence-electron chi connectivity index (χ0n) is 14.3. The summed E-state index contributed by atoms with van der Waals surface area (Å²) in [7, 11) is 0. The summed E-state index contributed by atoms with van der Waals surface area (Å²) in [5.74, 6) is 1.25. The highest BCUT2D eigenvalue weighted by atomic mass is 35.5. The van der Waals surface area contributed by atoms with Gasteiger partial charge in [0.2, 0.25) is 5.91 Å².